The Morgan fingerprint density at radius 1 is 0.911 bits per heavy atom. The number of rotatable bonds is 6. The summed E-state index contributed by atoms with van der Waals surface area (Å²) in [7, 11) is 2.17. The average molecular weight is 617 g/mol. The number of amides is 4. The first-order chi connectivity index (χ1) is 21.8. The summed E-state index contributed by atoms with van der Waals surface area (Å²) in [6.45, 7) is 8.56. The van der Waals surface area contributed by atoms with Crippen LogP contribution in [-0.2, 0) is 17.6 Å². The number of anilines is 1. The van der Waals surface area contributed by atoms with Gasteiger partial charge in [0.15, 0.2) is 0 Å². The summed E-state index contributed by atoms with van der Waals surface area (Å²) in [5.41, 5.74) is 4.08. The number of benzene rings is 2. The molecular formula is C35H48N6O4. The third-order valence-corrected chi connectivity index (χ3v) is 10.6. The molecule has 0 aromatic heterocycles. The highest BCUT2D eigenvalue weighted by atomic mass is 16.4. The third-order valence-electron chi connectivity index (χ3n) is 10.6. The number of nitrogens with one attached hydrogen (secondary N) is 1. The average Bonchev–Trinajstić information content (AvgIpc) is 3.21. The van der Waals surface area contributed by atoms with Gasteiger partial charge >= 0.3 is 12.1 Å². The number of piperazine rings is 1. The lowest BCUT2D eigenvalue weighted by Gasteiger charge is -2.46. The maximum Gasteiger partial charge on any atom is 0.407 e. The van der Waals surface area contributed by atoms with Crippen LogP contribution in [0.4, 0.5) is 15.3 Å². The second-order valence-corrected chi connectivity index (χ2v) is 13.4. The normalized spacial score (nSPS) is 24.5. The molecule has 4 amide bonds. The van der Waals surface area contributed by atoms with Crippen molar-refractivity contribution in [1.29, 1.82) is 0 Å². The summed E-state index contributed by atoms with van der Waals surface area (Å²) in [5, 5.41) is 13.4. The summed E-state index contributed by atoms with van der Waals surface area (Å²) in [5.74, 6) is -0.490. The summed E-state index contributed by atoms with van der Waals surface area (Å²) in [6.07, 6.45) is 3.07. The Morgan fingerprint density at radius 2 is 1.64 bits per heavy atom. The number of piperidine rings is 2. The number of likely N-dealkylation sites (N-methyl/N-ethyl adjacent to an activating group) is 1. The van der Waals surface area contributed by atoms with E-state index >= 15 is 0 Å². The van der Waals surface area contributed by atoms with Crippen molar-refractivity contribution in [3.05, 3.63) is 65.2 Å². The summed E-state index contributed by atoms with van der Waals surface area (Å²) >= 11 is 0. The van der Waals surface area contributed by atoms with E-state index in [4.69, 9.17) is 0 Å². The zero-order valence-corrected chi connectivity index (χ0v) is 26.7. The molecule has 6 rings (SSSR count). The summed E-state index contributed by atoms with van der Waals surface area (Å²) < 4.78 is 0. The summed E-state index contributed by atoms with van der Waals surface area (Å²) in [6, 6.07) is 15.7. The van der Waals surface area contributed by atoms with Gasteiger partial charge in [0, 0.05) is 76.2 Å². The predicted octanol–water partition coefficient (Wildman–Crippen LogP) is 3.99. The number of likely N-dealkylation sites (tertiary alicyclic amines) is 2. The van der Waals surface area contributed by atoms with Gasteiger partial charge in [0.05, 0.1) is 5.92 Å². The molecule has 2 aromatic rings. The van der Waals surface area contributed by atoms with Crippen LogP contribution in [0.5, 0.6) is 0 Å². The van der Waals surface area contributed by atoms with Gasteiger partial charge in [-0.1, -0.05) is 48.0 Å². The van der Waals surface area contributed by atoms with Gasteiger partial charge in [0.2, 0.25) is 5.91 Å². The van der Waals surface area contributed by atoms with E-state index < -0.39 is 18.1 Å². The van der Waals surface area contributed by atoms with Crippen molar-refractivity contribution in [1.82, 2.24) is 24.5 Å². The standard InChI is InChI=1S/C35H48N6O4/c1-25-6-5-7-26(22-25)23-30(33(42)39-14-11-28(12-15-39)38-20-18-37(2)19-21-38)32-24-29(13-17-41(32)35(44)45)40-16-10-27-8-3-4-9-31(27)36-34(40)43/h3-9,22,28-30,32H,10-21,23-24H2,1-2H3,(H,36,43)(H,44,45)/t29?,30?,32-/m1/s1. The van der Waals surface area contributed by atoms with Crippen molar-refractivity contribution in [2.24, 2.45) is 5.92 Å². The number of fused-ring (bicyclic) bond motifs is 1. The van der Waals surface area contributed by atoms with Crippen LogP contribution in [0, 0.1) is 12.8 Å². The Morgan fingerprint density at radius 3 is 2.38 bits per heavy atom. The molecule has 45 heavy (non-hydrogen) atoms. The third kappa shape index (κ3) is 7.12. The van der Waals surface area contributed by atoms with Crippen LogP contribution in [0.3, 0.4) is 0 Å². The molecule has 4 aliphatic heterocycles. The van der Waals surface area contributed by atoms with Crippen molar-refractivity contribution in [3.8, 4) is 0 Å². The number of carbonyl (C=O) groups excluding carboxylic acids is 2. The van der Waals surface area contributed by atoms with Crippen molar-refractivity contribution < 1.29 is 19.5 Å². The molecule has 3 fully saturated rings. The zero-order valence-electron chi connectivity index (χ0n) is 26.7. The summed E-state index contributed by atoms with van der Waals surface area (Å²) in [4.78, 5) is 50.9. The number of aryl methyl sites for hydroxylation is 1. The molecule has 2 N–H and O–H groups in total. The van der Waals surface area contributed by atoms with Crippen LogP contribution in [0.2, 0.25) is 0 Å². The number of carboxylic acid groups (broad SMARTS) is 1. The van der Waals surface area contributed by atoms with E-state index in [2.05, 4.69) is 28.2 Å². The lowest BCUT2D eigenvalue weighted by atomic mass is 9.82. The van der Waals surface area contributed by atoms with Gasteiger partial charge in [0.25, 0.3) is 0 Å². The molecule has 0 aliphatic carbocycles. The molecule has 242 valence electrons. The SMILES string of the molecule is Cc1cccc(CC(C(=O)N2CCC(N3CCN(C)CC3)CC2)[C@H]2CC(N3CCc4ccccc4NC3=O)CCN2C(=O)O)c1. The van der Waals surface area contributed by atoms with Crippen molar-refractivity contribution in [3.63, 3.8) is 0 Å². The molecule has 3 saturated heterocycles. The monoisotopic (exact) mass is 616 g/mol. The second-order valence-electron chi connectivity index (χ2n) is 13.4. The Kier molecular flexibility index (Phi) is 9.61. The molecule has 10 nitrogen and oxygen atoms in total. The van der Waals surface area contributed by atoms with Gasteiger partial charge in [-0.15, -0.1) is 0 Å². The molecule has 3 atom stereocenters. The van der Waals surface area contributed by atoms with Gasteiger partial charge < -0.3 is 30.0 Å². The van der Waals surface area contributed by atoms with Crippen LogP contribution in [-0.4, -0.2) is 125 Å². The smallest absolute Gasteiger partial charge is 0.407 e. The lowest BCUT2D eigenvalue weighted by molar-refractivity contribution is -0.140. The first-order valence-electron chi connectivity index (χ1n) is 16.7. The van der Waals surface area contributed by atoms with Gasteiger partial charge in [-0.2, -0.15) is 0 Å². The van der Waals surface area contributed by atoms with E-state index in [0.29, 0.717) is 51.5 Å². The molecule has 0 radical (unpaired) electrons. The minimum atomic E-state index is -0.998. The fourth-order valence-corrected chi connectivity index (χ4v) is 7.97. The Labute approximate surface area is 266 Å². The van der Waals surface area contributed by atoms with Gasteiger partial charge in [-0.3, -0.25) is 9.69 Å². The number of nitrogens with zero attached hydrogens (tertiary/aromatic N) is 5. The predicted molar refractivity (Wildman–Crippen MR) is 174 cm³/mol. The quantitative estimate of drug-likeness (QED) is 0.509. The number of carbonyl (C=O) groups is 3. The highest BCUT2D eigenvalue weighted by Crippen LogP contribution is 2.33. The number of para-hydroxylation sites is 1. The van der Waals surface area contributed by atoms with Crippen molar-refractivity contribution >= 4 is 23.7 Å². The molecule has 2 unspecified atom stereocenters. The Balaban J connectivity index is 1.22. The minimum Gasteiger partial charge on any atom is -0.465 e. The number of hydrogen-bond donors (Lipinski definition) is 2. The molecule has 0 saturated carbocycles. The van der Waals surface area contributed by atoms with E-state index in [-0.39, 0.29) is 18.0 Å². The van der Waals surface area contributed by atoms with Crippen LogP contribution in [0.15, 0.2) is 48.5 Å². The van der Waals surface area contributed by atoms with Crippen LogP contribution < -0.4 is 5.32 Å². The van der Waals surface area contributed by atoms with Crippen molar-refractivity contribution in [2.45, 2.75) is 63.6 Å². The molecule has 0 spiro atoms. The Hall–Kier alpha value is -3.63. The van der Waals surface area contributed by atoms with Crippen LogP contribution >= 0.6 is 0 Å². The van der Waals surface area contributed by atoms with Gasteiger partial charge in [-0.05, 0) is 69.7 Å². The fourth-order valence-electron chi connectivity index (χ4n) is 7.97. The Bertz CT molecular complexity index is 1370. The van der Waals surface area contributed by atoms with Gasteiger partial charge in [0.1, 0.15) is 0 Å². The maximum atomic E-state index is 14.5. The number of hydrogen-bond acceptors (Lipinski definition) is 5. The molecule has 0 bridgehead atoms. The zero-order chi connectivity index (χ0) is 31.5. The van der Waals surface area contributed by atoms with Crippen molar-refractivity contribution in [2.75, 3.05) is 64.7 Å². The van der Waals surface area contributed by atoms with E-state index in [9.17, 15) is 19.5 Å². The van der Waals surface area contributed by atoms with Crippen LogP contribution in [0.1, 0.15) is 42.4 Å². The molecule has 4 aliphatic rings. The highest BCUT2D eigenvalue weighted by Gasteiger charge is 2.44. The molecular weight excluding hydrogens is 568 g/mol. The topological polar surface area (TPSA) is 99.7 Å². The largest absolute Gasteiger partial charge is 0.465 e. The van der Waals surface area contributed by atoms with E-state index in [0.717, 1.165) is 67.8 Å². The molecule has 2 aromatic carbocycles. The fraction of sp³-hybridized carbons (Fsp3) is 0.571. The van der Waals surface area contributed by atoms with Crippen LogP contribution in [0.25, 0.3) is 0 Å². The van der Waals surface area contributed by atoms with E-state index in [1.54, 1.807) is 0 Å². The molecule has 4 heterocycles. The molecule has 10 heteroatoms. The lowest BCUT2D eigenvalue weighted by Crippen LogP contribution is -2.59. The first kappa shape index (κ1) is 31.4. The second kappa shape index (κ2) is 13.8. The number of urea groups is 1. The maximum absolute atomic E-state index is 14.5. The first-order valence-corrected chi connectivity index (χ1v) is 16.7. The van der Waals surface area contributed by atoms with Gasteiger partial charge in [-0.25, -0.2) is 9.59 Å². The van der Waals surface area contributed by atoms with E-state index in [1.165, 1.54) is 4.90 Å². The minimum absolute atomic E-state index is 0.0398. The van der Waals surface area contributed by atoms with E-state index in [1.807, 2.05) is 59.2 Å². The highest BCUT2D eigenvalue weighted by molar-refractivity contribution is 5.91.